The van der Waals surface area contributed by atoms with Crippen molar-refractivity contribution in [1.29, 1.82) is 0 Å². The fourth-order valence-electron chi connectivity index (χ4n) is 2.02. The summed E-state index contributed by atoms with van der Waals surface area (Å²) >= 11 is 1.91. The van der Waals surface area contributed by atoms with Crippen LogP contribution in [0.2, 0.25) is 0 Å². The number of aldehydes is 1. The Morgan fingerprint density at radius 3 is 2.80 bits per heavy atom. The molecule has 1 aromatic rings. The molecule has 2 heteroatoms. The lowest BCUT2D eigenvalue weighted by atomic mass is 9.80. The molecule has 80 valence electrons. The number of fused-ring (bicyclic) bond motifs is 1. The maximum absolute atomic E-state index is 10.9. The second-order valence-electron chi connectivity index (χ2n) is 4.81. The fourth-order valence-corrected chi connectivity index (χ4v) is 3.61. The summed E-state index contributed by atoms with van der Waals surface area (Å²) in [6, 6.07) is 4.23. The van der Waals surface area contributed by atoms with E-state index in [1.807, 2.05) is 18.7 Å². The first kappa shape index (κ1) is 10.7. The second kappa shape index (κ2) is 3.67. The molecule has 0 fully saturated rings. The maximum atomic E-state index is 10.9. The van der Waals surface area contributed by atoms with Gasteiger partial charge in [-0.2, -0.15) is 0 Å². The predicted octanol–water partition coefficient (Wildman–Crippen LogP) is 3.58. The smallest absolute Gasteiger partial charge is 0.150 e. The molecule has 1 heterocycles. The van der Waals surface area contributed by atoms with Gasteiger partial charge in [-0.15, -0.1) is 11.8 Å². The second-order valence-corrected chi connectivity index (χ2v) is 5.94. The molecular formula is C13H16OS. The minimum atomic E-state index is 0.214. The van der Waals surface area contributed by atoms with Gasteiger partial charge in [-0.1, -0.05) is 13.8 Å². The highest BCUT2D eigenvalue weighted by atomic mass is 32.2. The lowest BCUT2D eigenvalue weighted by molar-refractivity contribution is 0.112. The number of carbonyl (C=O) groups excluding carboxylic acids is 1. The molecule has 1 aliphatic rings. The Bertz CT molecular complexity index is 407. The Balaban J connectivity index is 2.61. The molecule has 1 aliphatic heterocycles. The molecule has 0 spiro atoms. The summed E-state index contributed by atoms with van der Waals surface area (Å²) in [4.78, 5) is 12.3. The van der Waals surface area contributed by atoms with E-state index in [0.717, 1.165) is 17.4 Å². The van der Waals surface area contributed by atoms with Gasteiger partial charge in [0.15, 0.2) is 0 Å². The zero-order valence-electron chi connectivity index (χ0n) is 9.46. The van der Waals surface area contributed by atoms with Gasteiger partial charge in [0.25, 0.3) is 0 Å². The van der Waals surface area contributed by atoms with Crippen LogP contribution in [0, 0.1) is 6.92 Å². The molecule has 0 amide bonds. The standard InChI is InChI=1S/C13H16OS/c1-9-6-12-11(7-10(9)8-14)13(2,3)4-5-15-12/h6-8H,4-5H2,1-3H3. The highest BCUT2D eigenvalue weighted by molar-refractivity contribution is 7.99. The number of carbonyl (C=O) groups is 1. The normalized spacial score (nSPS) is 18.3. The molecule has 15 heavy (non-hydrogen) atoms. The Hall–Kier alpha value is -0.760. The van der Waals surface area contributed by atoms with E-state index in [4.69, 9.17) is 0 Å². The van der Waals surface area contributed by atoms with Gasteiger partial charge >= 0.3 is 0 Å². The largest absolute Gasteiger partial charge is 0.298 e. The SMILES string of the molecule is Cc1cc2c(cc1C=O)C(C)(C)CCS2. The molecule has 1 nitrogen and oxygen atoms in total. The van der Waals surface area contributed by atoms with Gasteiger partial charge in [0.2, 0.25) is 0 Å². The summed E-state index contributed by atoms with van der Waals surface area (Å²) in [7, 11) is 0. The molecule has 1 aromatic carbocycles. The first-order valence-electron chi connectivity index (χ1n) is 5.28. The van der Waals surface area contributed by atoms with Gasteiger partial charge in [-0.05, 0) is 47.8 Å². The van der Waals surface area contributed by atoms with E-state index in [-0.39, 0.29) is 5.41 Å². The van der Waals surface area contributed by atoms with Gasteiger partial charge in [0, 0.05) is 10.5 Å². The van der Waals surface area contributed by atoms with Crippen LogP contribution >= 0.6 is 11.8 Å². The van der Waals surface area contributed by atoms with Crippen LogP contribution < -0.4 is 0 Å². The highest BCUT2D eigenvalue weighted by Gasteiger charge is 2.28. The third kappa shape index (κ3) is 1.83. The predicted molar refractivity (Wildman–Crippen MR) is 64.9 cm³/mol. The molecule has 0 saturated heterocycles. The van der Waals surface area contributed by atoms with Crippen molar-refractivity contribution in [3.8, 4) is 0 Å². The Labute approximate surface area is 95.3 Å². The Morgan fingerprint density at radius 2 is 2.13 bits per heavy atom. The molecule has 0 saturated carbocycles. The van der Waals surface area contributed by atoms with Gasteiger partial charge in [0.05, 0.1) is 0 Å². The summed E-state index contributed by atoms with van der Waals surface area (Å²) in [5, 5.41) is 0. The highest BCUT2D eigenvalue weighted by Crippen LogP contribution is 2.42. The lowest BCUT2D eigenvalue weighted by Gasteiger charge is -2.32. The molecule has 2 rings (SSSR count). The molecule has 0 unspecified atom stereocenters. The van der Waals surface area contributed by atoms with Crippen molar-refractivity contribution in [3.63, 3.8) is 0 Å². The molecule has 0 radical (unpaired) electrons. The zero-order valence-corrected chi connectivity index (χ0v) is 10.3. The van der Waals surface area contributed by atoms with Crippen LogP contribution in [-0.2, 0) is 5.41 Å². The number of hydrogen-bond acceptors (Lipinski definition) is 2. The molecule has 0 bridgehead atoms. The minimum absolute atomic E-state index is 0.214. The monoisotopic (exact) mass is 220 g/mol. The first-order valence-corrected chi connectivity index (χ1v) is 6.26. The lowest BCUT2D eigenvalue weighted by Crippen LogP contribution is -2.23. The van der Waals surface area contributed by atoms with Crippen molar-refractivity contribution in [1.82, 2.24) is 0 Å². The fraction of sp³-hybridized carbons (Fsp3) is 0.462. The average Bonchev–Trinajstić information content (AvgIpc) is 2.16. The van der Waals surface area contributed by atoms with Crippen molar-refractivity contribution in [2.24, 2.45) is 0 Å². The number of aryl methyl sites for hydroxylation is 1. The van der Waals surface area contributed by atoms with Crippen molar-refractivity contribution >= 4 is 18.0 Å². The number of thioether (sulfide) groups is 1. The van der Waals surface area contributed by atoms with Gasteiger partial charge in [0.1, 0.15) is 6.29 Å². The van der Waals surface area contributed by atoms with Crippen molar-refractivity contribution < 1.29 is 4.79 Å². The van der Waals surface area contributed by atoms with Gasteiger partial charge in [-0.25, -0.2) is 0 Å². The van der Waals surface area contributed by atoms with E-state index in [0.29, 0.717) is 0 Å². The summed E-state index contributed by atoms with van der Waals surface area (Å²) in [5.41, 5.74) is 3.48. The third-order valence-corrected chi connectivity index (χ3v) is 4.27. The number of benzene rings is 1. The summed E-state index contributed by atoms with van der Waals surface area (Å²) in [5.74, 6) is 1.18. The van der Waals surface area contributed by atoms with Crippen molar-refractivity contribution in [3.05, 3.63) is 28.8 Å². The topological polar surface area (TPSA) is 17.1 Å². The molecule has 0 atom stereocenters. The van der Waals surface area contributed by atoms with E-state index in [1.165, 1.54) is 22.6 Å². The molecular weight excluding hydrogens is 204 g/mol. The Kier molecular flexibility index (Phi) is 2.63. The molecule has 0 aromatic heterocycles. The number of hydrogen-bond donors (Lipinski definition) is 0. The Morgan fingerprint density at radius 1 is 1.40 bits per heavy atom. The minimum Gasteiger partial charge on any atom is -0.298 e. The average molecular weight is 220 g/mol. The van der Waals surface area contributed by atoms with E-state index in [9.17, 15) is 4.79 Å². The van der Waals surface area contributed by atoms with Crippen LogP contribution in [0.25, 0.3) is 0 Å². The molecule has 0 aliphatic carbocycles. The quantitative estimate of drug-likeness (QED) is 0.673. The first-order chi connectivity index (χ1) is 7.04. The maximum Gasteiger partial charge on any atom is 0.150 e. The summed E-state index contributed by atoms with van der Waals surface area (Å²) < 4.78 is 0. The van der Waals surface area contributed by atoms with Crippen LogP contribution in [0.4, 0.5) is 0 Å². The van der Waals surface area contributed by atoms with Crippen molar-refractivity contribution in [2.45, 2.75) is 37.5 Å². The third-order valence-electron chi connectivity index (χ3n) is 3.21. The van der Waals surface area contributed by atoms with E-state index in [1.54, 1.807) is 0 Å². The summed E-state index contributed by atoms with van der Waals surface area (Å²) in [6.45, 7) is 6.52. The zero-order chi connectivity index (χ0) is 11.1. The van der Waals surface area contributed by atoms with Gasteiger partial charge < -0.3 is 0 Å². The van der Waals surface area contributed by atoms with E-state index >= 15 is 0 Å². The van der Waals surface area contributed by atoms with Crippen LogP contribution in [0.1, 0.15) is 41.8 Å². The van der Waals surface area contributed by atoms with E-state index < -0.39 is 0 Å². The molecule has 0 N–H and O–H groups in total. The van der Waals surface area contributed by atoms with Crippen LogP contribution in [0.3, 0.4) is 0 Å². The summed E-state index contributed by atoms with van der Waals surface area (Å²) in [6.07, 6.45) is 2.15. The van der Waals surface area contributed by atoms with Crippen LogP contribution in [0.5, 0.6) is 0 Å². The van der Waals surface area contributed by atoms with Crippen LogP contribution in [-0.4, -0.2) is 12.0 Å². The van der Waals surface area contributed by atoms with E-state index in [2.05, 4.69) is 26.0 Å². The van der Waals surface area contributed by atoms with Crippen LogP contribution in [0.15, 0.2) is 17.0 Å². The number of rotatable bonds is 1. The van der Waals surface area contributed by atoms with Gasteiger partial charge in [-0.3, -0.25) is 4.79 Å². The van der Waals surface area contributed by atoms with Crippen molar-refractivity contribution in [2.75, 3.05) is 5.75 Å².